The number of hydrogen-bond acceptors (Lipinski definition) is 4. The number of ether oxygens (including phenoxy) is 1. The minimum Gasteiger partial charge on any atom is -0.368 e. The Labute approximate surface area is 138 Å². The number of piperazine rings is 1. The van der Waals surface area contributed by atoms with Gasteiger partial charge in [-0.1, -0.05) is 24.3 Å². The van der Waals surface area contributed by atoms with E-state index < -0.39 is 0 Å². The summed E-state index contributed by atoms with van der Waals surface area (Å²) in [6, 6.07) is 8.41. The van der Waals surface area contributed by atoms with Crippen LogP contribution in [0.1, 0.15) is 24.0 Å². The van der Waals surface area contributed by atoms with Gasteiger partial charge in [0, 0.05) is 45.9 Å². The molecule has 1 aromatic carbocycles. The molecule has 2 fully saturated rings. The van der Waals surface area contributed by atoms with Crippen molar-refractivity contribution in [3.63, 3.8) is 0 Å². The first-order valence-corrected chi connectivity index (χ1v) is 8.59. The summed E-state index contributed by atoms with van der Waals surface area (Å²) in [7, 11) is 2.17. The maximum atomic E-state index is 12.1. The molecule has 1 atom stereocenters. The average molecular weight is 317 g/mol. The number of nitrogens with zero attached hydrogens (tertiary/aromatic N) is 2. The van der Waals surface area contributed by atoms with Crippen LogP contribution in [0.2, 0.25) is 0 Å². The van der Waals surface area contributed by atoms with Gasteiger partial charge in [0.15, 0.2) is 0 Å². The molecule has 0 spiro atoms. The van der Waals surface area contributed by atoms with E-state index in [1.807, 2.05) is 6.07 Å². The summed E-state index contributed by atoms with van der Waals surface area (Å²) < 4.78 is 5.44. The van der Waals surface area contributed by atoms with E-state index >= 15 is 0 Å². The SMILES string of the molecule is CN1CCN(Cc2ccccc2CNC(=O)[C@H]2CCCO2)CC1. The Kier molecular flexibility index (Phi) is 5.65. The molecule has 0 bridgehead atoms. The van der Waals surface area contributed by atoms with Crippen molar-refractivity contribution in [2.24, 2.45) is 0 Å². The van der Waals surface area contributed by atoms with Gasteiger partial charge in [0.1, 0.15) is 6.10 Å². The lowest BCUT2D eigenvalue weighted by Crippen LogP contribution is -2.44. The average Bonchev–Trinajstić information content (AvgIpc) is 3.10. The zero-order valence-electron chi connectivity index (χ0n) is 14.0. The maximum absolute atomic E-state index is 12.1. The van der Waals surface area contributed by atoms with Crippen molar-refractivity contribution in [1.82, 2.24) is 15.1 Å². The molecule has 1 aromatic rings. The highest BCUT2D eigenvalue weighted by Crippen LogP contribution is 2.15. The Morgan fingerprint density at radius 1 is 1.22 bits per heavy atom. The topological polar surface area (TPSA) is 44.8 Å². The fraction of sp³-hybridized carbons (Fsp3) is 0.611. The van der Waals surface area contributed by atoms with Crippen LogP contribution in [0.4, 0.5) is 0 Å². The van der Waals surface area contributed by atoms with Crippen LogP contribution < -0.4 is 5.32 Å². The van der Waals surface area contributed by atoms with Crippen molar-refractivity contribution < 1.29 is 9.53 Å². The molecule has 2 aliphatic rings. The molecule has 0 aromatic heterocycles. The molecule has 2 heterocycles. The minimum atomic E-state index is -0.250. The smallest absolute Gasteiger partial charge is 0.249 e. The van der Waals surface area contributed by atoms with E-state index in [9.17, 15) is 4.79 Å². The van der Waals surface area contributed by atoms with Crippen LogP contribution in [0.3, 0.4) is 0 Å². The molecule has 5 heteroatoms. The van der Waals surface area contributed by atoms with Gasteiger partial charge in [-0.05, 0) is 31.0 Å². The number of carbonyl (C=O) groups is 1. The summed E-state index contributed by atoms with van der Waals surface area (Å²) in [6.07, 6.45) is 1.58. The summed E-state index contributed by atoms with van der Waals surface area (Å²) in [4.78, 5) is 17.0. The van der Waals surface area contributed by atoms with Crippen LogP contribution in [0.5, 0.6) is 0 Å². The van der Waals surface area contributed by atoms with Gasteiger partial charge in [-0.15, -0.1) is 0 Å². The number of carbonyl (C=O) groups excluding carboxylic acids is 1. The van der Waals surface area contributed by atoms with E-state index in [2.05, 4.69) is 40.4 Å². The highest BCUT2D eigenvalue weighted by atomic mass is 16.5. The number of rotatable bonds is 5. The maximum Gasteiger partial charge on any atom is 0.249 e. The van der Waals surface area contributed by atoms with Gasteiger partial charge in [0.25, 0.3) is 0 Å². The molecule has 1 amide bonds. The van der Waals surface area contributed by atoms with Gasteiger partial charge in [0.2, 0.25) is 5.91 Å². The number of benzene rings is 1. The van der Waals surface area contributed by atoms with Crippen LogP contribution in [0.25, 0.3) is 0 Å². The summed E-state index contributed by atoms with van der Waals surface area (Å²) in [5.74, 6) is 0.0249. The zero-order chi connectivity index (χ0) is 16.1. The predicted molar refractivity (Wildman–Crippen MR) is 90.0 cm³/mol. The Hall–Kier alpha value is -1.43. The first-order chi connectivity index (χ1) is 11.2. The monoisotopic (exact) mass is 317 g/mol. The molecular weight excluding hydrogens is 290 g/mol. The molecule has 0 aliphatic carbocycles. The van der Waals surface area contributed by atoms with Crippen molar-refractivity contribution in [1.29, 1.82) is 0 Å². The lowest BCUT2D eigenvalue weighted by Gasteiger charge is -2.32. The first kappa shape index (κ1) is 16.4. The molecule has 2 aliphatic heterocycles. The van der Waals surface area contributed by atoms with Crippen molar-refractivity contribution in [3.8, 4) is 0 Å². The van der Waals surface area contributed by atoms with Gasteiger partial charge >= 0.3 is 0 Å². The standard InChI is InChI=1S/C18H27N3O2/c1-20-8-10-21(11-9-20)14-16-6-3-2-5-15(16)13-19-18(22)17-7-4-12-23-17/h2-3,5-6,17H,4,7-14H2,1H3,(H,19,22)/t17-/m1/s1. The molecule has 23 heavy (non-hydrogen) atoms. The molecule has 3 rings (SSSR count). The van der Waals surface area contributed by atoms with Gasteiger partial charge in [-0.25, -0.2) is 0 Å². The lowest BCUT2D eigenvalue weighted by molar-refractivity contribution is -0.130. The number of nitrogens with one attached hydrogen (secondary N) is 1. The summed E-state index contributed by atoms with van der Waals surface area (Å²) >= 11 is 0. The van der Waals surface area contributed by atoms with Crippen LogP contribution in [0, 0.1) is 0 Å². The quantitative estimate of drug-likeness (QED) is 0.887. The Balaban J connectivity index is 1.55. The van der Waals surface area contributed by atoms with Crippen molar-refractivity contribution in [2.45, 2.75) is 32.0 Å². The lowest BCUT2D eigenvalue weighted by atomic mass is 10.1. The number of amides is 1. The highest BCUT2D eigenvalue weighted by Gasteiger charge is 2.23. The molecule has 1 N–H and O–H groups in total. The van der Waals surface area contributed by atoms with Crippen LogP contribution >= 0.6 is 0 Å². The fourth-order valence-corrected chi connectivity index (χ4v) is 3.21. The first-order valence-electron chi connectivity index (χ1n) is 8.59. The molecule has 126 valence electrons. The Morgan fingerprint density at radius 3 is 2.65 bits per heavy atom. The third-order valence-electron chi connectivity index (χ3n) is 4.78. The third-order valence-corrected chi connectivity index (χ3v) is 4.78. The van der Waals surface area contributed by atoms with E-state index in [4.69, 9.17) is 4.74 Å². The predicted octanol–water partition coefficient (Wildman–Crippen LogP) is 1.23. The van der Waals surface area contributed by atoms with E-state index in [-0.39, 0.29) is 12.0 Å². The van der Waals surface area contributed by atoms with E-state index in [1.54, 1.807) is 0 Å². The normalized spacial score (nSPS) is 23.1. The fourth-order valence-electron chi connectivity index (χ4n) is 3.21. The van der Waals surface area contributed by atoms with Gasteiger partial charge in [-0.2, -0.15) is 0 Å². The van der Waals surface area contributed by atoms with Gasteiger partial charge in [0.05, 0.1) is 0 Å². The van der Waals surface area contributed by atoms with Crippen LogP contribution in [-0.2, 0) is 22.6 Å². The molecular formula is C18H27N3O2. The second kappa shape index (κ2) is 7.90. The summed E-state index contributed by atoms with van der Waals surface area (Å²) in [6.45, 7) is 6.70. The van der Waals surface area contributed by atoms with E-state index in [0.717, 1.165) is 45.6 Å². The third kappa shape index (κ3) is 4.53. The highest BCUT2D eigenvalue weighted by molar-refractivity contribution is 5.80. The molecule has 0 saturated carbocycles. The van der Waals surface area contributed by atoms with Crippen molar-refractivity contribution >= 4 is 5.91 Å². The molecule has 5 nitrogen and oxygen atoms in total. The van der Waals surface area contributed by atoms with Crippen LogP contribution in [-0.4, -0.2) is 61.6 Å². The summed E-state index contributed by atoms with van der Waals surface area (Å²) in [5, 5.41) is 3.03. The minimum absolute atomic E-state index is 0.0249. The van der Waals surface area contributed by atoms with Gasteiger partial charge in [-0.3, -0.25) is 9.69 Å². The van der Waals surface area contributed by atoms with Crippen molar-refractivity contribution in [3.05, 3.63) is 35.4 Å². The number of likely N-dealkylation sites (N-methyl/N-ethyl adjacent to an activating group) is 1. The largest absolute Gasteiger partial charge is 0.368 e. The van der Waals surface area contributed by atoms with Crippen molar-refractivity contribution in [2.75, 3.05) is 39.8 Å². The Bertz CT molecular complexity index is 521. The Morgan fingerprint density at radius 2 is 1.96 bits per heavy atom. The van der Waals surface area contributed by atoms with Crippen LogP contribution in [0.15, 0.2) is 24.3 Å². The second-order valence-corrected chi connectivity index (χ2v) is 6.57. The zero-order valence-corrected chi connectivity index (χ0v) is 14.0. The van der Waals surface area contributed by atoms with E-state index in [1.165, 1.54) is 11.1 Å². The number of hydrogen-bond donors (Lipinski definition) is 1. The van der Waals surface area contributed by atoms with E-state index in [0.29, 0.717) is 13.2 Å². The second-order valence-electron chi connectivity index (χ2n) is 6.57. The molecule has 0 unspecified atom stereocenters. The molecule has 0 radical (unpaired) electrons. The molecule has 2 saturated heterocycles. The summed E-state index contributed by atoms with van der Waals surface area (Å²) in [5.41, 5.74) is 2.52. The van der Waals surface area contributed by atoms with Gasteiger partial charge < -0.3 is 15.0 Å².